The second-order valence-corrected chi connectivity index (χ2v) is 17.6. The van der Waals surface area contributed by atoms with Gasteiger partial charge in [-0.1, -0.05) is 244 Å². The number of hydrogen-bond donors (Lipinski definition) is 0. The molecule has 1 aromatic rings. The standard InChI is InChI=1S/C53H96O8/c1-4-6-8-10-12-14-16-18-20-22-24-26-28-30-32-34-36-38-44-58-52(54)60-48-51(47-57-46-49-40-42-50(56-3)43-41-49)61-53(55)59-45-39-37-35-33-31-29-27-25-23-21-19-17-15-13-11-9-7-5-2/h40-43,51H,4-39,44-48H2,1-3H3/t51-/m0/s1. The van der Waals surface area contributed by atoms with Gasteiger partial charge in [-0.15, -0.1) is 0 Å². The molecule has 0 spiro atoms. The van der Waals surface area contributed by atoms with Crippen LogP contribution in [0.1, 0.15) is 251 Å². The second-order valence-electron chi connectivity index (χ2n) is 17.6. The summed E-state index contributed by atoms with van der Waals surface area (Å²) in [6, 6.07) is 7.56. The molecule has 0 aliphatic carbocycles. The van der Waals surface area contributed by atoms with Gasteiger partial charge in [0.25, 0.3) is 0 Å². The zero-order chi connectivity index (χ0) is 43.9. The molecule has 0 heterocycles. The SMILES string of the molecule is CCCCCCCCCCCCCCCCCCCCOC(=O)OC[C@H](COCc1ccc(OC)cc1)OC(=O)OCCCCCCCCCCCCCCCCCCCC. The van der Waals surface area contributed by atoms with Crippen molar-refractivity contribution in [3.63, 3.8) is 0 Å². The van der Waals surface area contributed by atoms with Crippen molar-refractivity contribution >= 4 is 12.3 Å². The van der Waals surface area contributed by atoms with E-state index >= 15 is 0 Å². The van der Waals surface area contributed by atoms with Crippen LogP contribution in [0, 0.1) is 0 Å². The zero-order valence-electron chi connectivity index (χ0n) is 40.1. The van der Waals surface area contributed by atoms with Crippen molar-refractivity contribution in [2.45, 2.75) is 258 Å². The Balaban J connectivity index is 2.13. The van der Waals surface area contributed by atoms with Crippen molar-refractivity contribution < 1.29 is 38.0 Å². The molecule has 1 aromatic carbocycles. The van der Waals surface area contributed by atoms with Gasteiger partial charge in [-0.3, -0.25) is 0 Å². The first-order valence-electron chi connectivity index (χ1n) is 25.9. The summed E-state index contributed by atoms with van der Waals surface area (Å²) in [5, 5.41) is 0. The van der Waals surface area contributed by atoms with Crippen LogP contribution < -0.4 is 4.74 Å². The summed E-state index contributed by atoms with van der Waals surface area (Å²) in [4.78, 5) is 24.9. The Kier molecular flexibility index (Phi) is 42.2. The van der Waals surface area contributed by atoms with Gasteiger partial charge < -0.3 is 28.4 Å². The lowest BCUT2D eigenvalue weighted by molar-refractivity contribution is -0.0514. The highest BCUT2D eigenvalue weighted by Gasteiger charge is 2.19. The Morgan fingerprint density at radius 3 is 1.08 bits per heavy atom. The Bertz CT molecular complexity index is 1060. The molecule has 0 bridgehead atoms. The normalized spacial score (nSPS) is 11.7. The van der Waals surface area contributed by atoms with E-state index < -0.39 is 18.4 Å². The third-order valence-electron chi connectivity index (χ3n) is 11.8. The maximum atomic E-state index is 12.6. The van der Waals surface area contributed by atoms with Crippen molar-refractivity contribution in [2.75, 3.05) is 33.5 Å². The van der Waals surface area contributed by atoms with Gasteiger partial charge in [-0.2, -0.15) is 0 Å². The van der Waals surface area contributed by atoms with Crippen LogP contribution in [-0.4, -0.2) is 52.0 Å². The van der Waals surface area contributed by atoms with E-state index in [1.54, 1.807) is 7.11 Å². The summed E-state index contributed by atoms with van der Waals surface area (Å²) in [5.74, 6) is 0.763. The molecule has 0 radical (unpaired) electrons. The van der Waals surface area contributed by atoms with E-state index in [9.17, 15) is 9.59 Å². The number of unbranched alkanes of at least 4 members (excludes halogenated alkanes) is 34. The smallest absolute Gasteiger partial charge is 0.497 e. The number of benzene rings is 1. The lowest BCUT2D eigenvalue weighted by atomic mass is 10.0. The molecule has 8 heteroatoms. The number of carbonyl (C=O) groups excluding carboxylic acids is 2. The van der Waals surface area contributed by atoms with E-state index in [1.165, 1.54) is 193 Å². The Hall–Kier alpha value is -2.48. The van der Waals surface area contributed by atoms with E-state index in [2.05, 4.69) is 13.8 Å². The van der Waals surface area contributed by atoms with E-state index in [0.29, 0.717) is 19.8 Å². The average molecular weight is 861 g/mol. The average Bonchev–Trinajstić information content (AvgIpc) is 3.27. The molecular formula is C53H96O8. The minimum atomic E-state index is -0.816. The second kappa shape index (κ2) is 45.5. The van der Waals surface area contributed by atoms with E-state index in [4.69, 9.17) is 28.4 Å². The monoisotopic (exact) mass is 861 g/mol. The quantitative estimate of drug-likeness (QED) is 0.0473. The Morgan fingerprint density at radius 2 is 0.738 bits per heavy atom. The maximum Gasteiger partial charge on any atom is 0.508 e. The third kappa shape index (κ3) is 40.1. The minimum Gasteiger partial charge on any atom is -0.497 e. The molecule has 0 fully saturated rings. The predicted octanol–water partition coefficient (Wildman–Crippen LogP) is 17.0. The number of hydrogen-bond acceptors (Lipinski definition) is 8. The van der Waals surface area contributed by atoms with Crippen LogP contribution in [0.25, 0.3) is 0 Å². The highest BCUT2D eigenvalue weighted by Crippen LogP contribution is 2.17. The van der Waals surface area contributed by atoms with Crippen molar-refractivity contribution in [2.24, 2.45) is 0 Å². The number of carbonyl (C=O) groups is 2. The molecule has 1 atom stereocenters. The fraction of sp³-hybridized carbons (Fsp3) is 0.849. The van der Waals surface area contributed by atoms with Crippen molar-refractivity contribution in [1.29, 1.82) is 0 Å². The summed E-state index contributed by atoms with van der Waals surface area (Å²) in [7, 11) is 1.63. The summed E-state index contributed by atoms with van der Waals surface area (Å²) in [6.45, 7) is 5.37. The molecule has 0 amide bonds. The van der Waals surface area contributed by atoms with Crippen LogP contribution in [0.5, 0.6) is 5.75 Å². The largest absolute Gasteiger partial charge is 0.508 e. The van der Waals surface area contributed by atoms with Crippen LogP contribution in [0.3, 0.4) is 0 Å². The molecule has 356 valence electrons. The molecule has 0 aliphatic heterocycles. The zero-order valence-corrected chi connectivity index (χ0v) is 40.1. The van der Waals surface area contributed by atoms with Crippen molar-refractivity contribution in [3.05, 3.63) is 29.8 Å². The van der Waals surface area contributed by atoms with Gasteiger partial charge >= 0.3 is 12.3 Å². The fourth-order valence-electron chi connectivity index (χ4n) is 7.84. The maximum absolute atomic E-state index is 12.6. The van der Waals surface area contributed by atoms with Gasteiger partial charge in [0.15, 0.2) is 6.10 Å². The van der Waals surface area contributed by atoms with E-state index in [0.717, 1.165) is 49.8 Å². The van der Waals surface area contributed by atoms with E-state index in [1.807, 2.05) is 24.3 Å². The number of methoxy groups -OCH3 is 1. The third-order valence-corrected chi connectivity index (χ3v) is 11.8. The van der Waals surface area contributed by atoms with Crippen LogP contribution >= 0.6 is 0 Å². The summed E-state index contributed by atoms with van der Waals surface area (Å²) >= 11 is 0. The molecule has 0 aliphatic rings. The van der Waals surface area contributed by atoms with Gasteiger partial charge in [0.2, 0.25) is 0 Å². The number of ether oxygens (including phenoxy) is 6. The molecule has 61 heavy (non-hydrogen) atoms. The van der Waals surface area contributed by atoms with Gasteiger partial charge in [-0.05, 0) is 30.5 Å². The fourth-order valence-corrected chi connectivity index (χ4v) is 7.84. The molecule has 8 nitrogen and oxygen atoms in total. The summed E-state index contributed by atoms with van der Waals surface area (Å²) < 4.78 is 32.6. The van der Waals surface area contributed by atoms with Crippen molar-refractivity contribution in [1.82, 2.24) is 0 Å². The lowest BCUT2D eigenvalue weighted by Crippen LogP contribution is -2.30. The molecular weight excluding hydrogens is 765 g/mol. The first kappa shape index (κ1) is 56.5. The van der Waals surface area contributed by atoms with Crippen LogP contribution in [0.4, 0.5) is 9.59 Å². The Labute approximate surface area is 376 Å². The van der Waals surface area contributed by atoms with Crippen LogP contribution in [0.2, 0.25) is 0 Å². The van der Waals surface area contributed by atoms with E-state index in [-0.39, 0.29) is 13.2 Å². The summed E-state index contributed by atoms with van der Waals surface area (Å²) in [6.07, 6.45) is 44.7. The van der Waals surface area contributed by atoms with Gasteiger partial charge in [-0.25, -0.2) is 9.59 Å². The molecule has 0 N–H and O–H groups in total. The molecule has 0 saturated carbocycles. The first-order valence-corrected chi connectivity index (χ1v) is 25.9. The topological polar surface area (TPSA) is 89.5 Å². The lowest BCUT2D eigenvalue weighted by Gasteiger charge is -2.18. The van der Waals surface area contributed by atoms with Gasteiger partial charge in [0.1, 0.15) is 12.4 Å². The van der Waals surface area contributed by atoms with Crippen LogP contribution in [0.15, 0.2) is 24.3 Å². The summed E-state index contributed by atoms with van der Waals surface area (Å²) in [5.41, 5.74) is 0.945. The van der Waals surface area contributed by atoms with Crippen molar-refractivity contribution in [3.8, 4) is 5.75 Å². The molecule has 0 saturated heterocycles. The Morgan fingerprint density at radius 1 is 0.410 bits per heavy atom. The van der Waals surface area contributed by atoms with Gasteiger partial charge in [0.05, 0.1) is 33.5 Å². The predicted molar refractivity (Wildman–Crippen MR) is 254 cm³/mol. The molecule has 1 rings (SSSR count). The number of rotatable bonds is 46. The molecule has 0 aromatic heterocycles. The van der Waals surface area contributed by atoms with Crippen LogP contribution in [-0.2, 0) is 30.3 Å². The highest BCUT2D eigenvalue weighted by molar-refractivity contribution is 5.61. The van der Waals surface area contributed by atoms with Gasteiger partial charge in [0, 0.05) is 0 Å². The highest BCUT2D eigenvalue weighted by atomic mass is 16.8. The molecule has 0 unspecified atom stereocenters. The minimum absolute atomic E-state index is 0.0485. The first-order chi connectivity index (χ1) is 30.1.